The number of methoxy groups -OCH3 is 3. The summed E-state index contributed by atoms with van der Waals surface area (Å²) in [5.41, 5.74) is 0.885. The Hall–Kier alpha value is -4.53. The Morgan fingerprint density at radius 1 is 0.857 bits per heavy atom. The average molecular weight is 476 g/mol. The maximum absolute atomic E-state index is 13.6. The number of aromatic nitrogens is 2. The van der Waals surface area contributed by atoms with Crippen molar-refractivity contribution in [1.82, 2.24) is 9.13 Å². The average Bonchev–Trinajstić information content (AvgIpc) is 2.87. The maximum Gasteiger partial charge on any atom is 0.336 e. The van der Waals surface area contributed by atoms with Crippen molar-refractivity contribution in [3.8, 4) is 22.9 Å². The molecule has 4 rings (SSSR count). The lowest BCUT2D eigenvalue weighted by molar-refractivity contribution is -0.116. The number of hydrogen-bond donors (Lipinski definition) is 1. The number of hydrogen-bond acceptors (Lipinski definition) is 6. The molecule has 1 aromatic heterocycles. The van der Waals surface area contributed by atoms with E-state index in [4.69, 9.17) is 14.2 Å². The van der Waals surface area contributed by atoms with Crippen LogP contribution < -0.4 is 30.8 Å². The molecule has 0 aliphatic rings. The summed E-state index contributed by atoms with van der Waals surface area (Å²) in [6.07, 6.45) is 0. The van der Waals surface area contributed by atoms with Crippen molar-refractivity contribution in [3.05, 3.63) is 87.1 Å². The molecule has 1 N–H and O–H groups in total. The molecular formula is C26H25N3O6. The first kappa shape index (κ1) is 23.6. The third-order valence-corrected chi connectivity index (χ3v) is 5.62. The fourth-order valence-electron chi connectivity index (χ4n) is 3.85. The molecule has 35 heavy (non-hydrogen) atoms. The predicted molar refractivity (Wildman–Crippen MR) is 133 cm³/mol. The van der Waals surface area contributed by atoms with Crippen LogP contribution in [-0.2, 0) is 11.3 Å². The zero-order chi connectivity index (χ0) is 25.1. The van der Waals surface area contributed by atoms with Crippen LogP contribution >= 0.6 is 0 Å². The molecule has 0 spiro atoms. The number of aryl methyl sites for hydroxylation is 1. The fraction of sp³-hybridized carbons (Fsp3) is 0.192. The number of carbonyl (C=O) groups is 1. The normalized spacial score (nSPS) is 10.7. The summed E-state index contributed by atoms with van der Waals surface area (Å²) in [5.74, 6) is 0.665. The van der Waals surface area contributed by atoms with Gasteiger partial charge >= 0.3 is 5.69 Å². The monoisotopic (exact) mass is 475 g/mol. The molecule has 3 aromatic carbocycles. The van der Waals surface area contributed by atoms with Gasteiger partial charge in [0.2, 0.25) is 5.91 Å². The summed E-state index contributed by atoms with van der Waals surface area (Å²) >= 11 is 0. The highest BCUT2D eigenvalue weighted by Gasteiger charge is 2.20. The topological polar surface area (TPSA) is 101 Å². The summed E-state index contributed by atoms with van der Waals surface area (Å²) in [6.45, 7) is 1.56. The largest absolute Gasteiger partial charge is 0.495 e. The number of rotatable bonds is 7. The molecule has 0 atom stereocenters. The smallest absolute Gasteiger partial charge is 0.336 e. The van der Waals surface area contributed by atoms with Crippen LogP contribution in [0.15, 0.2) is 70.3 Å². The van der Waals surface area contributed by atoms with E-state index in [2.05, 4.69) is 5.32 Å². The van der Waals surface area contributed by atoms with Crippen LogP contribution in [0.4, 0.5) is 5.69 Å². The van der Waals surface area contributed by atoms with E-state index in [1.807, 2.05) is 6.92 Å². The molecule has 0 saturated carbocycles. The van der Waals surface area contributed by atoms with Gasteiger partial charge in [-0.1, -0.05) is 29.8 Å². The van der Waals surface area contributed by atoms with Crippen molar-refractivity contribution < 1.29 is 19.0 Å². The molecule has 0 radical (unpaired) electrons. The summed E-state index contributed by atoms with van der Waals surface area (Å²) < 4.78 is 18.3. The Kier molecular flexibility index (Phi) is 6.59. The van der Waals surface area contributed by atoms with Gasteiger partial charge in [0.25, 0.3) is 5.56 Å². The SMILES string of the molecule is COc1ccccc1NC(=O)Cn1c(=O)n(-c2ccc(C)cc2)c(=O)c2cc(OC)c(OC)cc21. The van der Waals surface area contributed by atoms with E-state index in [0.29, 0.717) is 28.6 Å². The molecule has 9 nitrogen and oxygen atoms in total. The van der Waals surface area contributed by atoms with E-state index in [-0.39, 0.29) is 17.4 Å². The molecule has 0 aliphatic heterocycles. The van der Waals surface area contributed by atoms with Crippen LogP contribution in [-0.4, -0.2) is 36.4 Å². The Morgan fingerprint density at radius 3 is 2.14 bits per heavy atom. The summed E-state index contributed by atoms with van der Waals surface area (Å²) in [5, 5.41) is 2.97. The van der Waals surface area contributed by atoms with Gasteiger partial charge in [0.1, 0.15) is 12.3 Å². The van der Waals surface area contributed by atoms with E-state index in [1.165, 1.54) is 38.0 Å². The van der Waals surface area contributed by atoms with Crippen LogP contribution in [0.25, 0.3) is 16.6 Å². The molecular weight excluding hydrogens is 450 g/mol. The highest BCUT2D eigenvalue weighted by atomic mass is 16.5. The number of fused-ring (bicyclic) bond motifs is 1. The van der Waals surface area contributed by atoms with Gasteiger partial charge in [-0.15, -0.1) is 0 Å². The van der Waals surface area contributed by atoms with E-state index in [9.17, 15) is 14.4 Å². The van der Waals surface area contributed by atoms with Gasteiger partial charge in [0, 0.05) is 6.07 Å². The molecule has 0 aliphatic carbocycles. The van der Waals surface area contributed by atoms with Crippen molar-refractivity contribution in [2.24, 2.45) is 0 Å². The quantitative estimate of drug-likeness (QED) is 0.441. The third kappa shape index (κ3) is 4.48. The lowest BCUT2D eigenvalue weighted by Gasteiger charge is -2.17. The molecule has 180 valence electrons. The minimum Gasteiger partial charge on any atom is -0.495 e. The van der Waals surface area contributed by atoms with E-state index in [1.54, 1.807) is 48.5 Å². The van der Waals surface area contributed by atoms with Crippen LogP contribution in [0.2, 0.25) is 0 Å². The molecule has 4 aromatic rings. The van der Waals surface area contributed by atoms with Crippen molar-refractivity contribution >= 4 is 22.5 Å². The Bertz CT molecular complexity index is 1520. The molecule has 9 heteroatoms. The number of nitrogens with one attached hydrogen (secondary N) is 1. The summed E-state index contributed by atoms with van der Waals surface area (Å²) in [7, 11) is 4.41. The highest BCUT2D eigenvalue weighted by molar-refractivity contribution is 5.93. The van der Waals surface area contributed by atoms with Gasteiger partial charge in [-0.3, -0.25) is 14.2 Å². The van der Waals surface area contributed by atoms with Crippen LogP contribution in [0.5, 0.6) is 17.2 Å². The van der Waals surface area contributed by atoms with Crippen LogP contribution in [0, 0.1) is 6.92 Å². The van der Waals surface area contributed by atoms with E-state index in [0.717, 1.165) is 10.1 Å². The maximum atomic E-state index is 13.6. The highest BCUT2D eigenvalue weighted by Crippen LogP contribution is 2.30. The lowest BCUT2D eigenvalue weighted by Crippen LogP contribution is -2.40. The number of para-hydroxylation sites is 2. The van der Waals surface area contributed by atoms with Gasteiger partial charge in [-0.2, -0.15) is 0 Å². The van der Waals surface area contributed by atoms with Crippen molar-refractivity contribution in [3.63, 3.8) is 0 Å². The van der Waals surface area contributed by atoms with Crippen molar-refractivity contribution in [2.75, 3.05) is 26.6 Å². The first-order valence-electron chi connectivity index (χ1n) is 10.8. The van der Waals surface area contributed by atoms with Crippen molar-refractivity contribution in [1.29, 1.82) is 0 Å². The number of anilines is 1. The number of amides is 1. The number of ether oxygens (including phenoxy) is 3. The van der Waals surface area contributed by atoms with Gasteiger partial charge in [-0.05, 0) is 37.3 Å². The first-order chi connectivity index (χ1) is 16.9. The molecule has 0 fully saturated rings. The standard InChI is InChI=1S/C26H25N3O6/c1-16-9-11-17(12-10-16)29-25(31)18-13-22(34-3)23(35-4)14-20(18)28(26(29)32)15-24(30)27-19-7-5-6-8-21(19)33-2/h5-14H,15H2,1-4H3,(H,27,30). The Morgan fingerprint density at radius 2 is 1.49 bits per heavy atom. The molecule has 1 amide bonds. The second-order valence-electron chi connectivity index (χ2n) is 7.82. The molecule has 1 heterocycles. The summed E-state index contributed by atoms with van der Waals surface area (Å²) in [6, 6.07) is 17.0. The lowest BCUT2D eigenvalue weighted by atomic mass is 10.2. The molecule has 0 unspecified atom stereocenters. The second kappa shape index (κ2) is 9.76. The van der Waals surface area contributed by atoms with E-state index < -0.39 is 17.2 Å². The fourth-order valence-corrected chi connectivity index (χ4v) is 3.85. The predicted octanol–water partition coefficient (Wildman–Crippen LogP) is 3.13. The molecule has 0 saturated heterocycles. The minimum absolute atomic E-state index is 0.202. The van der Waals surface area contributed by atoms with Gasteiger partial charge in [0.15, 0.2) is 11.5 Å². The minimum atomic E-state index is -0.659. The van der Waals surface area contributed by atoms with E-state index >= 15 is 0 Å². The Labute approximate surface area is 201 Å². The second-order valence-corrected chi connectivity index (χ2v) is 7.82. The zero-order valence-electron chi connectivity index (χ0n) is 19.8. The van der Waals surface area contributed by atoms with Gasteiger partial charge in [-0.25, -0.2) is 9.36 Å². The Balaban J connectivity index is 1.91. The van der Waals surface area contributed by atoms with Crippen molar-refractivity contribution in [2.45, 2.75) is 13.5 Å². The van der Waals surface area contributed by atoms with Crippen LogP contribution in [0.1, 0.15) is 5.56 Å². The molecule has 0 bridgehead atoms. The number of nitrogens with zero attached hydrogens (tertiary/aromatic N) is 2. The summed E-state index contributed by atoms with van der Waals surface area (Å²) in [4.78, 5) is 40.1. The number of benzene rings is 3. The first-order valence-corrected chi connectivity index (χ1v) is 10.8. The zero-order valence-corrected chi connectivity index (χ0v) is 19.8. The van der Waals surface area contributed by atoms with Crippen LogP contribution in [0.3, 0.4) is 0 Å². The number of carbonyl (C=O) groups excluding carboxylic acids is 1. The van der Waals surface area contributed by atoms with Gasteiger partial charge in [0.05, 0.1) is 43.6 Å². The van der Waals surface area contributed by atoms with Gasteiger partial charge < -0.3 is 19.5 Å². The third-order valence-electron chi connectivity index (χ3n) is 5.62.